The van der Waals surface area contributed by atoms with Gasteiger partial charge in [0.05, 0.1) is 22.1 Å². The van der Waals surface area contributed by atoms with Crippen LogP contribution >= 0.6 is 0 Å². The quantitative estimate of drug-likeness (QED) is 0.282. The molecule has 1 aliphatic heterocycles. The third-order valence-corrected chi connectivity index (χ3v) is 9.08. The van der Waals surface area contributed by atoms with E-state index in [0.717, 1.165) is 16.8 Å². The Morgan fingerprint density at radius 1 is 1.00 bits per heavy atom. The number of carbonyl (C=O) groups is 1. The number of fused-ring (bicyclic) bond motifs is 1. The van der Waals surface area contributed by atoms with Crippen molar-refractivity contribution in [2.45, 2.75) is 31.7 Å². The van der Waals surface area contributed by atoms with Gasteiger partial charge in [-0.25, -0.2) is 22.9 Å². The number of hydrogen-bond donors (Lipinski definition) is 3. The first-order chi connectivity index (χ1) is 20.0. The number of rotatable bonds is 8. The van der Waals surface area contributed by atoms with Crippen molar-refractivity contribution in [1.29, 1.82) is 0 Å². The molecule has 1 atom stereocenters. The fraction of sp³-hybridized carbons (Fsp3) is 0.300. The first-order valence-corrected chi connectivity index (χ1v) is 15.1. The second kappa shape index (κ2) is 11.5. The Morgan fingerprint density at radius 2 is 1.64 bits per heavy atom. The van der Waals surface area contributed by atoms with Gasteiger partial charge >= 0.3 is 5.97 Å². The highest BCUT2D eigenvalue weighted by atomic mass is 32.2. The Labute approximate surface area is 244 Å². The molecule has 5 rings (SSSR count). The van der Waals surface area contributed by atoms with Gasteiger partial charge < -0.3 is 20.2 Å². The predicted molar refractivity (Wildman–Crippen MR) is 163 cm³/mol. The molecular formula is C30H34N6O5S. The van der Waals surface area contributed by atoms with Crippen LogP contribution in [0.1, 0.15) is 40.0 Å². The lowest BCUT2D eigenvalue weighted by molar-refractivity contribution is 0.0698. The highest BCUT2D eigenvalue weighted by Gasteiger charge is 2.24. The Kier molecular flexibility index (Phi) is 7.93. The highest BCUT2D eigenvalue weighted by molar-refractivity contribution is 7.89. The zero-order chi connectivity index (χ0) is 30.2. The summed E-state index contributed by atoms with van der Waals surface area (Å²) >= 11 is 0. The van der Waals surface area contributed by atoms with E-state index in [9.17, 15) is 23.1 Å². The van der Waals surface area contributed by atoms with Gasteiger partial charge in [-0.15, -0.1) is 0 Å². The van der Waals surface area contributed by atoms with Gasteiger partial charge in [0.1, 0.15) is 11.5 Å². The van der Waals surface area contributed by atoms with E-state index in [1.807, 2.05) is 19.9 Å². The van der Waals surface area contributed by atoms with E-state index >= 15 is 0 Å². The van der Waals surface area contributed by atoms with Crippen LogP contribution in [0.5, 0.6) is 0 Å². The first kappa shape index (κ1) is 29.1. The van der Waals surface area contributed by atoms with Crippen LogP contribution in [-0.2, 0) is 10.0 Å². The summed E-state index contributed by atoms with van der Waals surface area (Å²) in [7, 11) is -2.12. The van der Waals surface area contributed by atoms with Crippen LogP contribution in [0.4, 0.5) is 17.2 Å². The van der Waals surface area contributed by atoms with Gasteiger partial charge in [0, 0.05) is 49.3 Å². The molecule has 3 heterocycles. The lowest BCUT2D eigenvalue weighted by atomic mass is 10.1. The number of aromatic carboxylic acids is 1. The summed E-state index contributed by atoms with van der Waals surface area (Å²) in [6.07, 6.45) is 1.78. The Hall–Kier alpha value is -4.42. The topological polar surface area (TPSA) is 136 Å². The van der Waals surface area contributed by atoms with E-state index in [1.165, 1.54) is 7.05 Å². The average Bonchev–Trinajstić information content (AvgIpc) is 2.99. The lowest BCUT2D eigenvalue weighted by Gasteiger charge is -2.37. The monoisotopic (exact) mass is 590 g/mol. The van der Waals surface area contributed by atoms with Crippen LogP contribution < -0.4 is 25.4 Å². The van der Waals surface area contributed by atoms with Crippen molar-refractivity contribution in [3.8, 4) is 0 Å². The lowest BCUT2D eigenvalue weighted by Crippen LogP contribution is -2.47. The van der Waals surface area contributed by atoms with E-state index < -0.39 is 16.0 Å². The number of aryl methyl sites for hydroxylation is 1. The molecule has 0 aliphatic carbocycles. The Balaban J connectivity index is 1.43. The summed E-state index contributed by atoms with van der Waals surface area (Å²) in [6, 6.07) is 15.2. The summed E-state index contributed by atoms with van der Waals surface area (Å²) in [5, 5.41) is 12.9. The molecule has 2 aromatic carbocycles. The van der Waals surface area contributed by atoms with Crippen LogP contribution in [0.2, 0.25) is 0 Å². The molecule has 0 bridgehead atoms. The molecule has 1 aliphatic rings. The molecule has 12 heteroatoms. The minimum absolute atomic E-state index is 0.151. The smallest absolute Gasteiger partial charge is 0.337 e. The van der Waals surface area contributed by atoms with E-state index in [1.54, 1.807) is 66.1 Å². The van der Waals surface area contributed by atoms with Crippen LogP contribution in [0.15, 0.2) is 70.5 Å². The number of carboxylic acids is 1. The minimum atomic E-state index is -3.50. The molecule has 0 amide bonds. The SMILES string of the molecule is CNS(=O)(=O)c1ccc(N2CCN(c3nc4c([C@@H](C)Nc5ccccc5C(=O)O)cc(C)cn4c(=O)c3C)CC2)cc1. The molecule has 0 radical (unpaired) electrons. The van der Waals surface area contributed by atoms with Crippen molar-refractivity contribution in [2.75, 3.05) is 48.3 Å². The predicted octanol–water partition coefficient (Wildman–Crippen LogP) is 3.42. The molecule has 1 fully saturated rings. The summed E-state index contributed by atoms with van der Waals surface area (Å²) in [5.41, 5.74) is 4.16. The number of para-hydroxylation sites is 1. The molecule has 1 saturated heterocycles. The van der Waals surface area contributed by atoms with Gasteiger partial charge in [0.15, 0.2) is 0 Å². The maximum Gasteiger partial charge on any atom is 0.337 e. The third kappa shape index (κ3) is 5.55. The highest BCUT2D eigenvalue weighted by Crippen LogP contribution is 2.28. The molecule has 220 valence electrons. The number of sulfonamides is 1. The van der Waals surface area contributed by atoms with Gasteiger partial charge in [-0.1, -0.05) is 12.1 Å². The van der Waals surface area contributed by atoms with Crippen molar-refractivity contribution in [2.24, 2.45) is 0 Å². The maximum atomic E-state index is 13.6. The number of aromatic nitrogens is 2. The zero-order valence-electron chi connectivity index (χ0n) is 24.0. The van der Waals surface area contributed by atoms with Crippen LogP contribution in [0.25, 0.3) is 5.65 Å². The van der Waals surface area contributed by atoms with Gasteiger partial charge in [-0.05, 0) is 75.8 Å². The number of hydrogen-bond acceptors (Lipinski definition) is 8. The van der Waals surface area contributed by atoms with Crippen LogP contribution in [0, 0.1) is 13.8 Å². The van der Waals surface area contributed by atoms with Gasteiger partial charge in [-0.3, -0.25) is 9.20 Å². The van der Waals surface area contributed by atoms with E-state index in [0.29, 0.717) is 48.9 Å². The van der Waals surface area contributed by atoms with Crippen molar-refractivity contribution in [3.05, 3.63) is 93.4 Å². The minimum Gasteiger partial charge on any atom is -0.478 e. The van der Waals surface area contributed by atoms with Crippen LogP contribution in [0.3, 0.4) is 0 Å². The number of carboxylic acid groups (broad SMARTS) is 1. The third-order valence-electron chi connectivity index (χ3n) is 7.65. The van der Waals surface area contributed by atoms with E-state index in [-0.39, 0.29) is 22.1 Å². The largest absolute Gasteiger partial charge is 0.478 e. The molecule has 0 spiro atoms. The van der Waals surface area contributed by atoms with Crippen LogP contribution in [-0.4, -0.2) is 62.1 Å². The fourth-order valence-electron chi connectivity index (χ4n) is 5.35. The molecule has 4 aromatic rings. The number of anilines is 3. The summed E-state index contributed by atoms with van der Waals surface area (Å²) in [6.45, 7) is 8.22. The Bertz CT molecular complexity index is 1810. The zero-order valence-corrected chi connectivity index (χ0v) is 24.8. The molecule has 0 unspecified atom stereocenters. The molecular weight excluding hydrogens is 556 g/mol. The number of nitrogens with one attached hydrogen (secondary N) is 2. The molecule has 0 saturated carbocycles. The molecule has 42 heavy (non-hydrogen) atoms. The first-order valence-electron chi connectivity index (χ1n) is 13.7. The normalized spacial score (nSPS) is 14.7. The van der Waals surface area contributed by atoms with Crippen molar-refractivity contribution in [1.82, 2.24) is 14.1 Å². The Morgan fingerprint density at radius 3 is 2.29 bits per heavy atom. The second-order valence-corrected chi connectivity index (χ2v) is 12.3. The number of pyridine rings is 1. The molecule has 2 aromatic heterocycles. The van der Waals surface area contributed by atoms with E-state index in [4.69, 9.17) is 4.98 Å². The summed E-state index contributed by atoms with van der Waals surface area (Å²) < 4.78 is 28.0. The van der Waals surface area contributed by atoms with Gasteiger partial charge in [0.2, 0.25) is 10.0 Å². The number of nitrogens with zero attached hydrogens (tertiary/aromatic N) is 4. The van der Waals surface area contributed by atoms with Gasteiger partial charge in [0.25, 0.3) is 5.56 Å². The fourth-order valence-corrected chi connectivity index (χ4v) is 6.08. The molecule has 11 nitrogen and oxygen atoms in total. The second-order valence-electron chi connectivity index (χ2n) is 10.4. The van der Waals surface area contributed by atoms with Crippen molar-refractivity contribution < 1.29 is 18.3 Å². The molecule has 3 N–H and O–H groups in total. The average molecular weight is 591 g/mol. The van der Waals surface area contributed by atoms with Crippen molar-refractivity contribution >= 4 is 38.8 Å². The van der Waals surface area contributed by atoms with Gasteiger partial charge in [-0.2, -0.15) is 0 Å². The van der Waals surface area contributed by atoms with Crippen molar-refractivity contribution in [3.63, 3.8) is 0 Å². The summed E-state index contributed by atoms with van der Waals surface area (Å²) in [4.78, 5) is 34.8. The maximum absolute atomic E-state index is 13.6. The summed E-state index contributed by atoms with van der Waals surface area (Å²) in [5.74, 6) is -0.400. The standard InChI is InChI=1S/C30H34N6O5S/c1-19-17-25(21(3)32-26-8-6-5-7-24(26)30(38)39)28-33-27(20(2)29(37)36(28)18-19)35-15-13-34(14-16-35)22-9-11-23(12-10-22)42(40,41)31-4/h5-12,17-18,21,31-32H,13-16H2,1-4H3,(H,38,39)/t21-/m1/s1. The number of piperazine rings is 1. The number of benzene rings is 2. The van der Waals surface area contributed by atoms with E-state index in [2.05, 4.69) is 19.8 Å².